The molecule has 0 aromatic carbocycles. The number of carbonyl (C=O) groups is 1. The van der Waals surface area contributed by atoms with Crippen molar-refractivity contribution >= 4 is 33.2 Å². The van der Waals surface area contributed by atoms with Crippen LogP contribution in [0.15, 0.2) is 26.9 Å². The van der Waals surface area contributed by atoms with Crippen LogP contribution in [0.2, 0.25) is 0 Å². The minimum Gasteiger partial charge on any atom is -0.365 e. The van der Waals surface area contributed by atoms with E-state index in [0.717, 1.165) is 9.35 Å². The predicted octanol–water partition coefficient (Wildman–Crippen LogP) is 1.37. The highest BCUT2D eigenvalue weighted by Gasteiger charge is 2.15. The average molecular weight is 314 g/mol. The molecule has 0 saturated carbocycles. The number of halogens is 1. The molecule has 0 aliphatic carbocycles. The van der Waals surface area contributed by atoms with Gasteiger partial charge in [-0.15, -0.1) is 11.3 Å². The molecule has 0 radical (unpaired) electrons. The number of hydrogen-bond donors (Lipinski definition) is 1. The standard InChI is InChI=1S/C10H8BrN3O2S/c1-14-3-6(9(12)15)8(13-10(14)16)7-2-5(11)4-17-7/h2-4H,1H3,(H2,12,15). The topological polar surface area (TPSA) is 78.0 Å². The highest BCUT2D eigenvalue weighted by Crippen LogP contribution is 2.29. The third-order valence-corrected chi connectivity index (χ3v) is 3.85. The van der Waals surface area contributed by atoms with Crippen LogP contribution in [-0.2, 0) is 7.05 Å². The molecule has 5 nitrogen and oxygen atoms in total. The summed E-state index contributed by atoms with van der Waals surface area (Å²) < 4.78 is 2.10. The number of aromatic nitrogens is 2. The van der Waals surface area contributed by atoms with Crippen molar-refractivity contribution < 1.29 is 4.79 Å². The van der Waals surface area contributed by atoms with Gasteiger partial charge in [0.25, 0.3) is 5.91 Å². The second-order valence-corrected chi connectivity index (χ2v) is 5.22. The molecule has 0 atom stereocenters. The summed E-state index contributed by atoms with van der Waals surface area (Å²) in [7, 11) is 1.52. The van der Waals surface area contributed by atoms with Gasteiger partial charge in [-0.2, -0.15) is 4.98 Å². The molecule has 2 rings (SSSR count). The fraction of sp³-hybridized carbons (Fsp3) is 0.100. The lowest BCUT2D eigenvalue weighted by atomic mass is 10.2. The Kier molecular flexibility index (Phi) is 3.12. The highest BCUT2D eigenvalue weighted by molar-refractivity contribution is 9.10. The quantitative estimate of drug-likeness (QED) is 0.909. The Hall–Kier alpha value is -1.47. The summed E-state index contributed by atoms with van der Waals surface area (Å²) in [4.78, 5) is 27.4. The van der Waals surface area contributed by atoms with Gasteiger partial charge in [-0.1, -0.05) is 0 Å². The maximum absolute atomic E-state index is 11.5. The summed E-state index contributed by atoms with van der Waals surface area (Å²) in [5.74, 6) is -0.604. The van der Waals surface area contributed by atoms with Crippen LogP contribution in [0.5, 0.6) is 0 Å². The van der Waals surface area contributed by atoms with Gasteiger partial charge < -0.3 is 10.3 Å². The van der Waals surface area contributed by atoms with Gasteiger partial charge in [-0.25, -0.2) is 4.79 Å². The lowest BCUT2D eigenvalue weighted by Crippen LogP contribution is -2.24. The second kappa shape index (κ2) is 4.42. The highest BCUT2D eigenvalue weighted by atomic mass is 79.9. The Labute approximate surface area is 109 Å². The third-order valence-electron chi connectivity index (χ3n) is 2.15. The Bertz CT molecular complexity index is 647. The summed E-state index contributed by atoms with van der Waals surface area (Å²) in [6, 6.07) is 1.79. The molecule has 0 bridgehead atoms. The van der Waals surface area contributed by atoms with Crippen LogP contribution in [0.4, 0.5) is 0 Å². The first kappa shape index (κ1) is 12.0. The Morgan fingerprint density at radius 1 is 1.59 bits per heavy atom. The predicted molar refractivity (Wildman–Crippen MR) is 69.0 cm³/mol. The molecule has 2 aromatic rings. The number of carbonyl (C=O) groups excluding carboxylic acids is 1. The van der Waals surface area contributed by atoms with Gasteiger partial charge in [-0.3, -0.25) is 4.79 Å². The lowest BCUT2D eigenvalue weighted by Gasteiger charge is -2.05. The number of hydrogen-bond acceptors (Lipinski definition) is 4. The molecule has 0 spiro atoms. The zero-order valence-electron chi connectivity index (χ0n) is 8.81. The zero-order valence-corrected chi connectivity index (χ0v) is 11.2. The van der Waals surface area contributed by atoms with Gasteiger partial charge in [0, 0.05) is 23.1 Å². The van der Waals surface area contributed by atoms with E-state index in [4.69, 9.17) is 5.73 Å². The number of amides is 1. The van der Waals surface area contributed by atoms with Crippen molar-refractivity contribution in [3.05, 3.63) is 38.2 Å². The molecule has 0 unspecified atom stereocenters. The van der Waals surface area contributed by atoms with E-state index < -0.39 is 11.6 Å². The Balaban J connectivity index is 2.71. The van der Waals surface area contributed by atoms with Crippen molar-refractivity contribution in [1.82, 2.24) is 9.55 Å². The van der Waals surface area contributed by atoms with Crippen molar-refractivity contribution in [3.63, 3.8) is 0 Å². The molecule has 2 aromatic heterocycles. The molecule has 17 heavy (non-hydrogen) atoms. The lowest BCUT2D eigenvalue weighted by molar-refractivity contribution is 0.1000. The largest absolute Gasteiger partial charge is 0.365 e. The smallest absolute Gasteiger partial charge is 0.347 e. The summed E-state index contributed by atoms with van der Waals surface area (Å²) >= 11 is 4.69. The minimum absolute atomic E-state index is 0.237. The zero-order chi connectivity index (χ0) is 12.6. The van der Waals surface area contributed by atoms with Gasteiger partial charge >= 0.3 is 5.69 Å². The Morgan fingerprint density at radius 2 is 2.29 bits per heavy atom. The van der Waals surface area contributed by atoms with E-state index in [1.54, 1.807) is 6.07 Å². The molecule has 7 heteroatoms. The van der Waals surface area contributed by atoms with E-state index in [9.17, 15) is 9.59 Å². The van der Waals surface area contributed by atoms with Gasteiger partial charge in [-0.05, 0) is 22.0 Å². The summed E-state index contributed by atoms with van der Waals surface area (Å²) in [6.45, 7) is 0. The second-order valence-electron chi connectivity index (χ2n) is 3.39. The third kappa shape index (κ3) is 2.29. The van der Waals surface area contributed by atoms with Crippen LogP contribution < -0.4 is 11.4 Å². The number of thiophene rings is 1. The first-order chi connectivity index (χ1) is 7.99. The van der Waals surface area contributed by atoms with Crippen molar-refractivity contribution in [1.29, 1.82) is 0 Å². The van der Waals surface area contributed by atoms with E-state index in [1.165, 1.54) is 29.1 Å². The molecule has 88 valence electrons. The van der Waals surface area contributed by atoms with E-state index in [2.05, 4.69) is 20.9 Å². The first-order valence-electron chi connectivity index (χ1n) is 4.61. The average Bonchev–Trinajstić information content (AvgIpc) is 2.68. The van der Waals surface area contributed by atoms with Crippen LogP contribution >= 0.6 is 27.3 Å². The Morgan fingerprint density at radius 3 is 2.82 bits per heavy atom. The van der Waals surface area contributed by atoms with E-state index in [1.807, 2.05) is 5.38 Å². The molecular weight excluding hydrogens is 306 g/mol. The summed E-state index contributed by atoms with van der Waals surface area (Å²) in [5, 5.41) is 1.85. The fourth-order valence-electron chi connectivity index (χ4n) is 1.35. The SMILES string of the molecule is Cn1cc(C(N)=O)c(-c2cc(Br)cs2)nc1=O. The van der Waals surface area contributed by atoms with Crippen molar-refractivity contribution in [2.45, 2.75) is 0 Å². The normalized spacial score (nSPS) is 10.5. The molecule has 1 amide bonds. The van der Waals surface area contributed by atoms with Gasteiger partial charge in [0.1, 0.15) is 5.69 Å². The van der Waals surface area contributed by atoms with Crippen molar-refractivity contribution in [2.75, 3.05) is 0 Å². The van der Waals surface area contributed by atoms with E-state index in [-0.39, 0.29) is 5.56 Å². The summed E-state index contributed by atoms with van der Waals surface area (Å²) in [5.41, 5.74) is 5.42. The van der Waals surface area contributed by atoms with Crippen LogP contribution in [0.1, 0.15) is 10.4 Å². The molecule has 2 N–H and O–H groups in total. The fourth-order valence-corrected chi connectivity index (χ4v) is 2.78. The minimum atomic E-state index is -0.604. The number of primary amides is 1. The molecule has 0 saturated heterocycles. The van der Waals surface area contributed by atoms with Gasteiger partial charge in [0.05, 0.1) is 10.4 Å². The molecule has 0 aliphatic rings. The molecule has 0 aliphatic heterocycles. The van der Waals surface area contributed by atoms with Gasteiger partial charge in [0.15, 0.2) is 0 Å². The monoisotopic (exact) mass is 313 g/mol. The van der Waals surface area contributed by atoms with Crippen molar-refractivity contribution in [3.8, 4) is 10.6 Å². The maximum Gasteiger partial charge on any atom is 0.347 e. The van der Waals surface area contributed by atoms with Crippen LogP contribution in [0.25, 0.3) is 10.6 Å². The molecular formula is C10H8BrN3O2S. The number of nitrogens with zero attached hydrogens (tertiary/aromatic N) is 2. The molecule has 2 heterocycles. The van der Waals surface area contributed by atoms with Crippen molar-refractivity contribution in [2.24, 2.45) is 12.8 Å². The van der Waals surface area contributed by atoms with Crippen LogP contribution in [0, 0.1) is 0 Å². The molecule has 0 fully saturated rings. The maximum atomic E-state index is 11.5. The van der Waals surface area contributed by atoms with E-state index >= 15 is 0 Å². The number of nitrogens with two attached hydrogens (primary N) is 1. The van der Waals surface area contributed by atoms with E-state index in [0.29, 0.717) is 5.69 Å². The first-order valence-corrected chi connectivity index (χ1v) is 6.28. The summed E-state index contributed by atoms with van der Waals surface area (Å²) in [6.07, 6.45) is 1.40. The number of aryl methyl sites for hydroxylation is 1. The van der Waals surface area contributed by atoms with Crippen LogP contribution in [-0.4, -0.2) is 15.5 Å². The van der Waals surface area contributed by atoms with Crippen LogP contribution in [0.3, 0.4) is 0 Å². The number of rotatable bonds is 2. The van der Waals surface area contributed by atoms with Gasteiger partial charge in [0.2, 0.25) is 0 Å².